The summed E-state index contributed by atoms with van der Waals surface area (Å²) in [6.07, 6.45) is 5.91. The Morgan fingerprint density at radius 1 is 1.08 bits per heavy atom. The maximum atomic E-state index is 12.7. The van der Waals surface area contributed by atoms with Gasteiger partial charge in [0.15, 0.2) is 6.10 Å². The van der Waals surface area contributed by atoms with Gasteiger partial charge in [0.2, 0.25) is 0 Å². The molecule has 0 radical (unpaired) electrons. The summed E-state index contributed by atoms with van der Waals surface area (Å²) in [5.41, 5.74) is -1.34. The average molecular weight is 336 g/mol. The lowest BCUT2D eigenvalue weighted by Crippen LogP contribution is -2.62. The molecule has 0 N–H and O–H groups in total. The van der Waals surface area contributed by atoms with Crippen LogP contribution in [-0.2, 0) is 23.8 Å². The second-order valence-corrected chi connectivity index (χ2v) is 9.20. The number of epoxide rings is 1. The third-order valence-corrected chi connectivity index (χ3v) is 6.61. The van der Waals surface area contributed by atoms with Crippen LogP contribution in [0.4, 0.5) is 0 Å². The van der Waals surface area contributed by atoms with E-state index in [0.717, 1.165) is 32.1 Å². The van der Waals surface area contributed by atoms with Crippen LogP contribution >= 0.6 is 0 Å². The number of carbonyl (C=O) groups excluding carboxylic acids is 2. The SMILES string of the molecule is CCC(C)(C)C(=O)OC12CC3CC(CC(OC(=O)C4CO4)(C3)C1)C2. The fourth-order valence-electron chi connectivity index (χ4n) is 5.28. The highest BCUT2D eigenvalue weighted by atomic mass is 16.6. The van der Waals surface area contributed by atoms with Gasteiger partial charge in [-0.15, -0.1) is 0 Å². The molecule has 4 saturated carbocycles. The van der Waals surface area contributed by atoms with Gasteiger partial charge in [-0.25, -0.2) is 4.79 Å². The molecule has 5 rings (SSSR count). The third kappa shape index (κ3) is 2.75. The lowest BCUT2D eigenvalue weighted by molar-refractivity contribution is -0.235. The number of hydrogen-bond donors (Lipinski definition) is 0. The molecule has 0 spiro atoms. The van der Waals surface area contributed by atoms with Gasteiger partial charge in [0.25, 0.3) is 0 Å². The largest absolute Gasteiger partial charge is 0.458 e. The van der Waals surface area contributed by atoms with Crippen molar-refractivity contribution in [1.29, 1.82) is 0 Å². The van der Waals surface area contributed by atoms with E-state index < -0.39 is 16.6 Å². The first kappa shape index (κ1) is 16.4. The molecule has 0 aromatic carbocycles. The van der Waals surface area contributed by atoms with Crippen molar-refractivity contribution >= 4 is 11.9 Å². The standard InChI is InChI=1S/C19H28O5/c1-4-17(2,3)16(21)24-19-8-12-5-13(9-19)7-18(6-12,11-19)23-15(20)14-10-22-14/h12-14H,4-11H2,1-3H3. The molecular formula is C19H28O5. The normalized spacial score (nSPS) is 42.7. The second-order valence-electron chi connectivity index (χ2n) is 9.20. The predicted molar refractivity (Wildman–Crippen MR) is 86.1 cm³/mol. The van der Waals surface area contributed by atoms with Crippen molar-refractivity contribution in [2.45, 2.75) is 83.0 Å². The van der Waals surface area contributed by atoms with Crippen LogP contribution in [0.5, 0.6) is 0 Å². The van der Waals surface area contributed by atoms with E-state index in [1.54, 1.807) is 0 Å². The van der Waals surface area contributed by atoms with Crippen molar-refractivity contribution in [2.24, 2.45) is 17.3 Å². The highest BCUT2D eigenvalue weighted by molar-refractivity contribution is 5.78. The Bertz CT molecular complexity index is 548. The Labute approximate surface area is 143 Å². The maximum absolute atomic E-state index is 12.7. The third-order valence-electron chi connectivity index (χ3n) is 6.61. The summed E-state index contributed by atoms with van der Waals surface area (Å²) in [5, 5.41) is 0. The molecular weight excluding hydrogens is 308 g/mol. The van der Waals surface area contributed by atoms with Crippen LogP contribution in [-0.4, -0.2) is 35.9 Å². The summed E-state index contributed by atoms with van der Waals surface area (Å²) in [4.78, 5) is 24.8. The molecule has 0 aromatic rings. The fraction of sp³-hybridized carbons (Fsp3) is 0.895. The summed E-state index contributed by atoms with van der Waals surface area (Å²) >= 11 is 0. The molecule has 1 heterocycles. The number of hydrogen-bond acceptors (Lipinski definition) is 5. The summed E-state index contributed by atoms with van der Waals surface area (Å²) in [7, 11) is 0. The van der Waals surface area contributed by atoms with E-state index in [4.69, 9.17) is 14.2 Å². The molecule has 24 heavy (non-hydrogen) atoms. The Morgan fingerprint density at radius 3 is 2.12 bits per heavy atom. The van der Waals surface area contributed by atoms with Gasteiger partial charge in [-0.05, 0) is 64.2 Å². The summed E-state index contributed by atoms with van der Waals surface area (Å²) in [6, 6.07) is 0. The van der Waals surface area contributed by atoms with Crippen molar-refractivity contribution in [2.75, 3.05) is 6.61 Å². The van der Waals surface area contributed by atoms with Gasteiger partial charge in [-0.2, -0.15) is 0 Å². The van der Waals surface area contributed by atoms with E-state index >= 15 is 0 Å². The van der Waals surface area contributed by atoms with Crippen molar-refractivity contribution in [3.8, 4) is 0 Å². The second kappa shape index (κ2) is 5.20. The van der Waals surface area contributed by atoms with E-state index in [1.807, 2.05) is 20.8 Å². The Hall–Kier alpha value is -1.10. The van der Waals surface area contributed by atoms with E-state index in [9.17, 15) is 9.59 Å². The zero-order chi connectivity index (χ0) is 17.2. The van der Waals surface area contributed by atoms with Crippen LogP contribution in [0.1, 0.15) is 65.7 Å². The minimum absolute atomic E-state index is 0.112. The molecule has 5 aliphatic rings. The molecule has 5 heteroatoms. The Morgan fingerprint density at radius 2 is 1.62 bits per heavy atom. The summed E-state index contributed by atoms with van der Waals surface area (Å²) in [6.45, 7) is 6.37. The number of ether oxygens (including phenoxy) is 3. The average Bonchev–Trinajstić information content (AvgIpc) is 3.29. The van der Waals surface area contributed by atoms with E-state index in [-0.39, 0.29) is 18.0 Å². The Balaban J connectivity index is 1.54. The van der Waals surface area contributed by atoms with E-state index in [1.165, 1.54) is 6.42 Å². The monoisotopic (exact) mass is 336 g/mol. The highest BCUT2D eigenvalue weighted by Gasteiger charge is 2.62. The minimum atomic E-state index is -0.463. The van der Waals surface area contributed by atoms with Gasteiger partial charge in [-0.1, -0.05) is 6.92 Å². The zero-order valence-electron chi connectivity index (χ0n) is 14.9. The van der Waals surface area contributed by atoms with Crippen molar-refractivity contribution in [1.82, 2.24) is 0 Å². The van der Waals surface area contributed by atoms with Crippen LogP contribution < -0.4 is 0 Å². The molecule has 5 nitrogen and oxygen atoms in total. The first-order valence-corrected chi connectivity index (χ1v) is 9.33. The molecule has 1 aliphatic heterocycles. The van der Waals surface area contributed by atoms with Gasteiger partial charge in [0.05, 0.1) is 12.0 Å². The van der Waals surface area contributed by atoms with Crippen LogP contribution in [0.2, 0.25) is 0 Å². The van der Waals surface area contributed by atoms with Gasteiger partial charge >= 0.3 is 11.9 Å². The lowest BCUT2D eigenvalue weighted by atomic mass is 9.52. The Kier molecular flexibility index (Phi) is 3.55. The molecule has 0 aromatic heterocycles. The van der Waals surface area contributed by atoms with Crippen molar-refractivity contribution in [3.05, 3.63) is 0 Å². The molecule has 3 unspecified atom stereocenters. The van der Waals surface area contributed by atoms with Gasteiger partial charge in [-0.3, -0.25) is 4.79 Å². The lowest BCUT2D eigenvalue weighted by Gasteiger charge is -2.60. The molecule has 3 atom stereocenters. The van der Waals surface area contributed by atoms with Gasteiger partial charge < -0.3 is 14.2 Å². The summed E-state index contributed by atoms with van der Waals surface area (Å²) in [5.74, 6) is 0.652. The zero-order valence-corrected chi connectivity index (χ0v) is 14.9. The van der Waals surface area contributed by atoms with Gasteiger partial charge in [0.1, 0.15) is 11.2 Å². The van der Waals surface area contributed by atoms with Gasteiger partial charge in [0, 0.05) is 6.42 Å². The first-order chi connectivity index (χ1) is 11.2. The van der Waals surface area contributed by atoms with Crippen LogP contribution in [0.3, 0.4) is 0 Å². The molecule has 4 bridgehead atoms. The van der Waals surface area contributed by atoms with Crippen molar-refractivity contribution < 1.29 is 23.8 Å². The smallest absolute Gasteiger partial charge is 0.338 e. The first-order valence-electron chi connectivity index (χ1n) is 9.33. The van der Waals surface area contributed by atoms with E-state index in [0.29, 0.717) is 24.9 Å². The maximum Gasteiger partial charge on any atom is 0.338 e. The van der Waals surface area contributed by atoms with E-state index in [2.05, 4.69) is 0 Å². The van der Waals surface area contributed by atoms with Crippen LogP contribution in [0.15, 0.2) is 0 Å². The highest BCUT2D eigenvalue weighted by Crippen LogP contribution is 2.60. The number of rotatable bonds is 5. The molecule has 4 aliphatic carbocycles. The topological polar surface area (TPSA) is 65.1 Å². The molecule has 0 amide bonds. The molecule has 134 valence electrons. The molecule has 5 fully saturated rings. The quantitative estimate of drug-likeness (QED) is 0.570. The van der Waals surface area contributed by atoms with Crippen molar-refractivity contribution in [3.63, 3.8) is 0 Å². The van der Waals surface area contributed by atoms with Crippen LogP contribution in [0, 0.1) is 17.3 Å². The number of esters is 2. The minimum Gasteiger partial charge on any atom is -0.458 e. The number of carbonyl (C=O) groups is 2. The fourth-order valence-corrected chi connectivity index (χ4v) is 5.28. The van der Waals surface area contributed by atoms with Crippen LogP contribution in [0.25, 0.3) is 0 Å². The molecule has 1 saturated heterocycles. The summed E-state index contributed by atoms with van der Waals surface area (Å²) < 4.78 is 17.1. The predicted octanol–water partition coefficient (Wildman–Crippen LogP) is 3.00.